The van der Waals surface area contributed by atoms with Crippen molar-refractivity contribution in [2.75, 3.05) is 0 Å². The Balaban J connectivity index is 2.49. The van der Waals surface area contributed by atoms with Gasteiger partial charge < -0.3 is 5.11 Å². The van der Waals surface area contributed by atoms with Crippen LogP contribution in [0.3, 0.4) is 0 Å². The third kappa shape index (κ3) is 1.21. The molecule has 1 atom stereocenters. The minimum Gasteiger partial charge on any atom is -0.392 e. The predicted octanol–water partition coefficient (Wildman–Crippen LogP) is 1.91. The van der Waals surface area contributed by atoms with Crippen LogP contribution >= 0.6 is 15.9 Å². The first kappa shape index (κ1) is 7.32. The summed E-state index contributed by atoms with van der Waals surface area (Å²) < 4.78 is 1.13. The van der Waals surface area contributed by atoms with Crippen molar-refractivity contribution in [3.63, 3.8) is 0 Å². The number of fused-ring (bicyclic) bond motifs is 1. The molecule has 0 fully saturated rings. The lowest BCUT2D eigenvalue weighted by Crippen LogP contribution is -2.03. The fourth-order valence-electron chi connectivity index (χ4n) is 1.58. The Kier molecular flexibility index (Phi) is 1.74. The summed E-state index contributed by atoms with van der Waals surface area (Å²) in [6, 6.07) is 6.12. The molecule has 0 spiro atoms. The van der Waals surface area contributed by atoms with E-state index in [1.807, 2.05) is 12.1 Å². The molecule has 0 heterocycles. The van der Waals surface area contributed by atoms with Crippen LogP contribution in [0.15, 0.2) is 22.7 Å². The van der Waals surface area contributed by atoms with Crippen molar-refractivity contribution in [2.45, 2.75) is 18.9 Å². The number of hydrogen-bond donors (Lipinski definition) is 1. The monoisotopic (exact) mass is 212 g/mol. The molecule has 1 N–H and O–H groups in total. The zero-order chi connectivity index (χ0) is 7.84. The van der Waals surface area contributed by atoms with E-state index in [2.05, 4.69) is 22.0 Å². The summed E-state index contributed by atoms with van der Waals surface area (Å²) >= 11 is 3.46. The summed E-state index contributed by atoms with van der Waals surface area (Å²) in [4.78, 5) is 0. The van der Waals surface area contributed by atoms with E-state index in [4.69, 9.17) is 0 Å². The second-order valence-corrected chi connectivity index (χ2v) is 3.79. The van der Waals surface area contributed by atoms with E-state index in [1.54, 1.807) is 0 Å². The van der Waals surface area contributed by atoms with Gasteiger partial charge in [0.15, 0.2) is 0 Å². The minimum atomic E-state index is -0.163. The van der Waals surface area contributed by atoms with Crippen LogP contribution in [-0.2, 0) is 12.8 Å². The summed E-state index contributed by atoms with van der Waals surface area (Å²) in [6.07, 6.45) is 1.45. The number of benzene rings is 1. The fourth-order valence-corrected chi connectivity index (χ4v) is 2.15. The molecule has 1 aromatic carbocycles. The average molecular weight is 213 g/mol. The Hall–Kier alpha value is -0.340. The third-order valence-electron chi connectivity index (χ3n) is 2.11. The van der Waals surface area contributed by atoms with Crippen molar-refractivity contribution in [1.82, 2.24) is 0 Å². The van der Waals surface area contributed by atoms with Crippen molar-refractivity contribution in [3.8, 4) is 0 Å². The summed E-state index contributed by atoms with van der Waals surface area (Å²) in [5, 5.41) is 9.35. The maximum Gasteiger partial charge on any atom is 0.0621 e. The molecule has 58 valence electrons. The number of rotatable bonds is 0. The van der Waals surface area contributed by atoms with Gasteiger partial charge in [-0.2, -0.15) is 0 Å². The van der Waals surface area contributed by atoms with E-state index >= 15 is 0 Å². The molecule has 11 heavy (non-hydrogen) atoms. The zero-order valence-corrected chi connectivity index (χ0v) is 7.63. The van der Waals surface area contributed by atoms with E-state index in [0.717, 1.165) is 17.3 Å². The van der Waals surface area contributed by atoms with Gasteiger partial charge in [-0.25, -0.2) is 0 Å². The Labute approximate surface area is 74.2 Å². The molecule has 0 bridgehead atoms. The highest BCUT2D eigenvalue weighted by Crippen LogP contribution is 2.28. The largest absolute Gasteiger partial charge is 0.392 e. The summed E-state index contributed by atoms with van der Waals surface area (Å²) in [7, 11) is 0. The van der Waals surface area contributed by atoms with Crippen LogP contribution in [-0.4, -0.2) is 11.2 Å². The van der Waals surface area contributed by atoms with Crippen LogP contribution in [0.2, 0.25) is 0 Å². The molecule has 0 aliphatic heterocycles. The van der Waals surface area contributed by atoms with Gasteiger partial charge >= 0.3 is 0 Å². The van der Waals surface area contributed by atoms with Crippen LogP contribution in [0, 0.1) is 0 Å². The lowest BCUT2D eigenvalue weighted by atomic mass is 10.1. The number of hydrogen-bond acceptors (Lipinski definition) is 1. The highest BCUT2D eigenvalue weighted by atomic mass is 79.9. The molecule has 0 amide bonds. The van der Waals surface area contributed by atoms with Crippen molar-refractivity contribution in [1.29, 1.82) is 0 Å². The van der Waals surface area contributed by atoms with Gasteiger partial charge in [0.05, 0.1) is 6.10 Å². The Bertz CT molecular complexity index is 283. The Morgan fingerprint density at radius 3 is 2.91 bits per heavy atom. The van der Waals surface area contributed by atoms with Crippen LogP contribution < -0.4 is 0 Å². The Morgan fingerprint density at radius 2 is 2.18 bits per heavy atom. The first-order valence-corrected chi connectivity index (χ1v) is 4.51. The maximum absolute atomic E-state index is 9.35. The lowest BCUT2D eigenvalue weighted by molar-refractivity contribution is 0.187. The van der Waals surface area contributed by atoms with Gasteiger partial charge in [-0.05, 0) is 23.6 Å². The summed E-state index contributed by atoms with van der Waals surface area (Å²) in [5.74, 6) is 0. The summed E-state index contributed by atoms with van der Waals surface area (Å²) in [5.41, 5.74) is 2.56. The molecule has 0 radical (unpaired) electrons. The van der Waals surface area contributed by atoms with Gasteiger partial charge in [0.2, 0.25) is 0 Å². The van der Waals surface area contributed by atoms with E-state index in [0.29, 0.717) is 0 Å². The van der Waals surface area contributed by atoms with Gasteiger partial charge in [0.1, 0.15) is 0 Å². The SMILES string of the molecule is O[C@H]1Cc2cccc(Br)c2C1. The molecule has 1 nitrogen and oxygen atoms in total. The zero-order valence-electron chi connectivity index (χ0n) is 6.05. The van der Waals surface area contributed by atoms with Gasteiger partial charge in [-0.15, -0.1) is 0 Å². The topological polar surface area (TPSA) is 20.2 Å². The Morgan fingerprint density at radius 1 is 1.36 bits per heavy atom. The smallest absolute Gasteiger partial charge is 0.0621 e. The first-order valence-electron chi connectivity index (χ1n) is 3.71. The summed E-state index contributed by atoms with van der Waals surface area (Å²) in [6.45, 7) is 0. The maximum atomic E-state index is 9.35. The number of aliphatic hydroxyl groups is 1. The van der Waals surface area contributed by atoms with Gasteiger partial charge in [-0.1, -0.05) is 28.1 Å². The number of aliphatic hydroxyl groups excluding tert-OH is 1. The van der Waals surface area contributed by atoms with Crippen LogP contribution in [0.25, 0.3) is 0 Å². The lowest BCUT2D eigenvalue weighted by Gasteiger charge is -1.98. The highest BCUT2D eigenvalue weighted by molar-refractivity contribution is 9.10. The van der Waals surface area contributed by atoms with Crippen molar-refractivity contribution in [3.05, 3.63) is 33.8 Å². The molecule has 1 aliphatic carbocycles. The van der Waals surface area contributed by atoms with Crippen LogP contribution in [0.1, 0.15) is 11.1 Å². The molecule has 2 rings (SSSR count). The quantitative estimate of drug-likeness (QED) is 0.697. The second kappa shape index (κ2) is 2.61. The minimum absolute atomic E-state index is 0.163. The molecule has 1 aliphatic rings. The standard InChI is InChI=1S/C9H9BrO/c10-9-3-1-2-6-4-7(11)5-8(6)9/h1-3,7,11H,4-5H2/t7-/m0/s1. The van der Waals surface area contributed by atoms with Gasteiger partial charge in [-0.3, -0.25) is 0 Å². The highest BCUT2D eigenvalue weighted by Gasteiger charge is 2.20. The fraction of sp³-hybridized carbons (Fsp3) is 0.333. The van der Waals surface area contributed by atoms with Crippen molar-refractivity contribution in [2.24, 2.45) is 0 Å². The van der Waals surface area contributed by atoms with Crippen LogP contribution in [0.5, 0.6) is 0 Å². The predicted molar refractivity (Wildman–Crippen MR) is 47.6 cm³/mol. The van der Waals surface area contributed by atoms with E-state index in [1.165, 1.54) is 11.1 Å². The van der Waals surface area contributed by atoms with E-state index < -0.39 is 0 Å². The van der Waals surface area contributed by atoms with E-state index in [-0.39, 0.29) is 6.10 Å². The third-order valence-corrected chi connectivity index (χ3v) is 2.85. The first-order chi connectivity index (χ1) is 5.27. The molecule has 2 heteroatoms. The van der Waals surface area contributed by atoms with E-state index in [9.17, 15) is 5.11 Å². The van der Waals surface area contributed by atoms with Gasteiger partial charge in [0.25, 0.3) is 0 Å². The molecule has 0 saturated heterocycles. The molecule has 0 saturated carbocycles. The number of halogens is 1. The van der Waals surface area contributed by atoms with Crippen LogP contribution in [0.4, 0.5) is 0 Å². The average Bonchev–Trinajstić information content (AvgIpc) is 2.31. The molecular formula is C9H9BrO. The van der Waals surface area contributed by atoms with Crippen molar-refractivity contribution >= 4 is 15.9 Å². The normalized spacial score (nSPS) is 21.8. The van der Waals surface area contributed by atoms with Crippen molar-refractivity contribution < 1.29 is 5.11 Å². The molecule has 0 aromatic heterocycles. The molecule has 0 unspecified atom stereocenters. The molecule has 1 aromatic rings. The van der Waals surface area contributed by atoms with Gasteiger partial charge in [0, 0.05) is 10.9 Å². The second-order valence-electron chi connectivity index (χ2n) is 2.94. The molecular weight excluding hydrogens is 204 g/mol.